The monoisotopic (exact) mass is 624 g/mol. The molecule has 46 heavy (non-hydrogen) atoms. The first-order chi connectivity index (χ1) is 22.1. The second kappa shape index (κ2) is 12.3. The van der Waals surface area contributed by atoms with E-state index in [1.54, 1.807) is 13.2 Å². The highest BCUT2D eigenvalue weighted by Crippen LogP contribution is 2.42. The van der Waals surface area contributed by atoms with Crippen LogP contribution in [0.2, 0.25) is 0 Å². The van der Waals surface area contributed by atoms with Crippen LogP contribution in [0.15, 0.2) is 58.3 Å². The van der Waals surface area contributed by atoms with Crippen LogP contribution in [-0.4, -0.2) is 52.2 Å². The molecular formula is C34H36N6O6. The zero-order chi connectivity index (χ0) is 32.7. The van der Waals surface area contributed by atoms with Crippen LogP contribution in [0.4, 0.5) is 5.69 Å². The Labute approximate surface area is 265 Å². The smallest absolute Gasteiger partial charge is 0.330 e. The van der Waals surface area contributed by atoms with Gasteiger partial charge in [0.15, 0.2) is 0 Å². The van der Waals surface area contributed by atoms with E-state index in [1.807, 2.05) is 50.2 Å². The SMILES string of the molecule is COc1nc(-c2cccc(-c3cccc(NC(=O)c4cn(C)c(=O)n(C)c4=O)c3C)c2C)cc2c1[C@@H](NC[C@@H]1CCC(=O)N1)CO2. The predicted molar refractivity (Wildman–Crippen MR) is 173 cm³/mol. The fourth-order valence-corrected chi connectivity index (χ4v) is 6.20. The third-order valence-corrected chi connectivity index (χ3v) is 8.80. The molecule has 0 radical (unpaired) electrons. The number of hydrogen-bond acceptors (Lipinski definition) is 8. The molecule has 4 aromatic rings. The Balaban J connectivity index is 1.29. The van der Waals surface area contributed by atoms with E-state index >= 15 is 0 Å². The molecule has 4 heterocycles. The number of carbonyl (C=O) groups excluding carboxylic acids is 2. The average Bonchev–Trinajstić information content (AvgIpc) is 3.66. The lowest BCUT2D eigenvalue weighted by atomic mass is 9.91. The van der Waals surface area contributed by atoms with Crippen molar-refractivity contribution in [3.05, 3.63) is 91.8 Å². The lowest BCUT2D eigenvalue weighted by Crippen LogP contribution is -2.40. The molecule has 6 rings (SSSR count). The topological polar surface area (TPSA) is 146 Å². The zero-order valence-corrected chi connectivity index (χ0v) is 26.4. The highest BCUT2D eigenvalue weighted by molar-refractivity contribution is 6.04. The molecule has 0 unspecified atom stereocenters. The summed E-state index contributed by atoms with van der Waals surface area (Å²) < 4.78 is 14.0. The molecule has 0 bridgehead atoms. The average molecular weight is 625 g/mol. The molecule has 2 aromatic heterocycles. The van der Waals surface area contributed by atoms with E-state index in [0.29, 0.717) is 42.6 Å². The molecule has 2 atom stereocenters. The number of benzene rings is 2. The Bertz CT molecular complexity index is 2000. The number of pyridine rings is 1. The van der Waals surface area contributed by atoms with Crippen molar-refractivity contribution in [2.45, 2.75) is 38.8 Å². The summed E-state index contributed by atoms with van der Waals surface area (Å²) >= 11 is 0. The summed E-state index contributed by atoms with van der Waals surface area (Å²) in [7, 11) is 4.43. The number of methoxy groups -OCH3 is 1. The number of carbonyl (C=O) groups is 2. The number of nitrogens with zero attached hydrogens (tertiary/aromatic N) is 3. The Kier molecular flexibility index (Phi) is 8.22. The lowest BCUT2D eigenvalue weighted by molar-refractivity contribution is -0.119. The van der Waals surface area contributed by atoms with Gasteiger partial charge < -0.3 is 30.0 Å². The molecule has 2 amide bonds. The first kappa shape index (κ1) is 30.8. The van der Waals surface area contributed by atoms with Gasteiger partial charge in [-0.1, -0.05) is 30.3 Å². The summed E-state index contributed by atoms with van der Waals surface area (Å²) in [5.74, 6) is 0.659. The summed E-state index contributed by atoms with van der Waals surface area (Å²) in [6, 6.07) is 13.5. The molecular weight excluding hydrogens is 588 g/mol. The summed E-state index contributed by atoms with van der Waals surface area (Å²) in [6.07, 6.45) is 2.61. The molecule has 3 N–H and O–H groups in total. The van der Waals surface area contributed by atoms with Gasteiger partial charge in [-0.3, -0.25) is 19.0 Å². The van der Waals surface area contributed by atoms with Crippen molar-refractivity contribution in [3.8, 4) is 34.0 Å². The van der Waals surface area contributed by atoms with E-state index in [0.717, 1.165) is 44.4 Å². The Morgan fingerprint density at radius 3 is 2.50 bits per heavy atom. The van der Waals surface area contributed by atoms with Gasteiger partial charge in [0.25, 0.3) is 11.5 Å². The maximum Gasteiger partial charge on any atom is 0.330 e. The van der Waals surface area contributed by atoms with Crippen molar-refractivity contribution in [1.29, 1.82) is 0 Å². The van der Waals surface area contributed by atoms with Crippen molar-refractivity contribution in [1.82, 2.24) is 24.8 Å². The molecule has 238 valence electrons. The van der Waals surface area contributed by atoms with Gasteiger partial charge in [0.05, 0.1) is 24.4 Å². The number of rotatable bonds is 8. The fourth-order valence-electron chi connectivity index (χ4n) is 6.20. The molecule has 2 aromatic carbocycles. The van der Waals surface area contributed by atoms with Crippen molar-refractivity contribution < 1.29 is 19.1 Å². The van der Waals surface area contributed by atoms with Gasteiger partial charge in [-0.15, -0.1) is 0 Å². The maximum atomic E-state index is 13.2. The second-order valence-electron chi connectivity index (χ2n) is 11.7. The highest BCUT2D eigenvalue weighted by Gasteiger charge is 2.32. The minimum atomic E-state index is -0.663. The van der Waals surface area contributed by atoms with E-state index in [-0.39, 0.29) is 23.6 Å². The van der Waals surface area contributed by atoms with Gasteiger partial charge >= 0.3 is 5.69 Å². The summed E-state index contributed by atoms with van der Waals surface area (Å²) in [5, 5.41) is 9.34. The molecule has 1 fully saturated rings. The Morgan fingerprint density at radius 2 is 1.78 bits per heavy atom. The van der Waals surface area contributed by atoms with Crippen LogP contribution in [0.25, 0.3) is 22.4 Å². The molecule has 0 aliphatic carbocycles. The first-order valence-electron chi connectivity index (χ1n) is 15.1. The number of nitrogens with one attached hydrogen (secondary N) is 3. The van der Waals surface area contributed by atoms with Gasteiger partial charge in [-0.25, -0.2) is 9.78 Å². The number of ether oxygens (including phenoxy) is 2. The van der Waals surface area contributed by atoms with Crippen LogP contribution in [-0.2, 0) is 18.9 Å². The number of aryl methyl sites for hydroxylation is 1. The third-order valence-electron chi connectivity index (χ3n) is 8.80. The number of aromatic nitrogens is 3. The molecule has 1 saturated heterocycles. The van der Waals surface area contributed by atoms with Gasteiger partial charge in [-0.2, -0.15) is 0 Å². The van der Waals surface area contributed by atoms with Crippen LogP contribution >= 0.6 is 0 Å². The number of anilines is 1. The van der Waals surface area contributed by atoms with Crippen LogP contribution in [0.3, 0.4) is 0 Å². The van der Waals surface area contributed by atoms with Crippen molar-refractivity contribution >= 4 is 17.5 Å². The highest BCUT2D eigenvalue weighted by atomic mass is 16.5. The van der Waals surface area contributed by atoms with Crippen LogP contribution in [0.1, 0.15) is 45.9 Å². The largest absolute Gasteiger partial charge is 0.491 e. The molecule has 0 saturated carbocycles. The van der Waals surface area contributed by atoms with Crippen LogP contribution in [0, 0.1) is 13.8 Å². The van der Waals surface area contributed by atoms with Gasteiger partial charge in [0, 0.05) is 56.6 Å². The van der Waals surface area contributed by atoms with Crippen molar-refractivity contribution in [2.24, 2.45) is 14.1 Å². The summed E-state index contributed by atoms with van der Waals surface area (Å²) in [4.78, 5) is 54.4. The summed E-state index contributed by atoms with van der Waals surface area (Å²) in [6.45, 7) is 4.99. The number of hydrogen-bond donors (Lipinski definition) is 3. The Morgan fingerprint density at radius 1 is 1.07 bits per heavy atom. The van der Waals surface area contributed by atoms with Gasteiger partial charge in [0.2, 0.25) is 11.8 Å². The van der Waals surface area contributed by atoms with E-state index in [2.05, 4.69) is 16.0 Å². The van der Waals surface area contributed by atoms with E-state index in [9.17, 15) is 19.2 Å². The third kappa shape index (κ3) is 5.56. The van der Waals surface area contributed by atoms with E-state index < -0.39 is 17.2 Å². The maximum absolute atomic E-state index is 13.2. The zero-order valence-electron chi connectivity index (χ0n) is 26.4. The summed E-state index contributed by atoms with van der Waals surface area (Å²) in [5.41, 5.74) is 5.33. The van der Waals surface area contributed by atoms with E-state index in [1.165, 1.54) is 24.9 Å². The second-order valence-corrected chi connectivity index (χ2v) is 11.7. The molecule has 0 spiro atoms. The first-order valence-corrected chi connectivity index (χ1v) is 15.1. The number of amides is 2. The van der Waals surface area contributed by atoms with Crippen LogP contribution in [0.5, 0.6) is 11.6 Å². The van der Waals surface area contributed by atoms with Gasteiger partial charge in [-0.05, 0) is 48.6 Å². The molecule has 2 aliphatic rings. The van der Waals surface area contributed by atoms with Crippen molar-refractivity contribution in [3.63, 3.8) is 0 Å². The van der Waals surface area contributed by atoms with Crippen molar-refractivity contribution in [2.75, 3.05) is 25.6 Å². The molecule has 2 aliphatic heterocycles. The van der Waals surface area contributed by atoms with Gasteiger partial charge in [0.1, 0.15) is 17.9 Å². The standard InChI is InChI=1S/C34H36N6O6/c1-18-21(22-9-7-11-25(19(22)2)37-31(42)24-16-39(3)34(44)40(4)33(24)43)8-6-10-23(18)26-14-28-30(32(38-26)45-5)27(17-46-28)35-15-20-12-13-29(41)36-20/h6-11,14,16,20,27,35H,12-13,15,17H2,1-5H3,(H,36,41)(H,37,42)/t20-,27-/m0/s1. The molecule has 12 nitrogen and oxygen atoms in total. The fraction of sp³-hybridized carbons (Fsp3) is 0.324. The van der Waals surface area contributed by atoms with Crippen LogP contribution < -0.4 is 36.7 Å². The predicted octanol–water partition coefficient (Wildman–Crippen LogP) is 2.99. The Hall–Kier alpha value is -5.23. The molecule has 12 heteroatoms. The van der Waals surface area contributed by atoms with E-state index in [4.69, 9.17) is 14.5 Å². The minimum Gasteiger partial charge on any atom is -0.491 e. The minimum absolute atomic E-state index is 0.0800. The normalized spacial score (nSPS) is 16.9. The number of fused-ring (bicyclic) bond motifs is 1. The lowest BCUT2D eigenvalue weighted by Gasteiger charge is -2.18. The quantitative estimate of drug-likeness (QED) is 0.271.